The van der Waals surface area contributed by atoms with E-state index in [-0.39, 0.29) is 16.9 Å². The molecule has 21 heavy (non-hydrogen) atoms. The molecule has 2 aliphatic rings. The monoisotopic (exact) mass is 284 g/mol. The zero-order valence-corrected chi connectivity index (χ0v) is 12.0. The Morgan fingerprint density at radius 3 is 2.81 bits per heavy atom. The highest BCUT2D eigenvalue weighted by Crippen LogP contribution is 2.45. The van der Waals surface area contributed by atoms with E-state index < -0.39 is 12.0 Å². The Kier molecular flexibility index (Phi) is 2.98. The highest BCUT2D eigenvalue weighted by Gasteiger charge is 2.45. The van der Waals surface area contributed by atoms with Crippen molar-refractivity contribution in [2.45, 2.75) is 32.8 Å². The molecule has 0 amide bonds. The van der Waals surface area contributed by atoms with Crippen LogP contribution in [0.5, 0.6) is 0 Å². The first-order valence-electron chi connectivity index (χ1n) is 6.88. The van der Waals surface area contributed by atoms with Crippen LogP contribution in [0.15, 0.2) is 34.1 Å². The van der Waals surface area contributed by atoms with Crippen molar-refractivity contribution < 1.29 is 13.9 Å². The lowest BCUT2D eigenvalue weighted by atomic mass is 9.72. The molecule has 1 aromatic rings. The Hall–Kier alpha value is -2.35. The molecular weight excluding hydrogens is 268 g/mol. The maximum atomic E-state index is 12.3. The summed E-state index contributed by atoms with van der Waals surface area (Å²) in [5.41, 5.74) is 0.160. The van der Waals surface area contributed by atoms with Crippen molar-refractivity contribution in [2.75, 3.05) is 0 Å². The van der Waals surface area contributed by atoms with Gasteiger partial charge in [0, 0.05) is 12.8 Å². The number of carbonyl (C=O) groups is 1. The van der Waals surface area contributed by atoms with Crippen molar-refractivity contribution in [3.8, 4) is 6.07 Å². The molecule has 1 aliphatic carbocycles. The molecule has 2 heterocycles. The second kappa shape index (κ2) is 4.59. The molecule has 2 unspecified atom stereocenters. The standard InChI is InChI=1S/C16H16N2O3/c1-16(2)6-10(19)13-12(7-16)21-15(9(8-17)14(13)18)11-4-3-5-20-11/h3-5,9,15,18H,6-7H2,1-2H3. The minimum Gasteiger partial charge on any atom is -0.484 e. The summed E-state index contributed by atoms with van der Waals surface area (Å²) in [4.78, 5) is 12.3. The van der Waals surface area contributed by atoms with Gasteiger partial charge in [-0.2, -0.15) is 5.26 Å². The number of nitrogens with one attached hydrogen (secondary N) is 1. The van der Waals surface area contributed by atoms with Crippen LogP contribution in [0, 0.1) is 28.1 Å². The summed E-state index contributed by atoms with van der Waals surface area (Å²) in [5, 5.41) is 17.6. The van der Waals surface area contributed by atoms with Crippen LogP contribution in [0.4, 0.5) is 0 Å². The lowest BCUT2D eigenvalue weighted by Crippen LogP contribution is -2.38. The molecule has 3 rings (SSSR count). The summed E-state index contributed by atoms with van der Waals surface area (Å²) >= 11 is 0. The number of nitriles is 1. The van der Waals surface area contributed by atoms with Crippen molar-refractivity contribution in [2.24, 2.45) is 11.3 Å². The van der Waals surface area contributed by atoms with E-state index in [1.54, 1.807) is 12.1 Å². The Bertz CT molecular complexity index is 677. The van der Waals surface area contributed by atoms with E-state index >= 15 is 0 Å². The van der Waals surface area contributed by atoms with Gasteiger partial charge in [0.05, 0.1) is 23.6 Å². The highest BCUT2D eigenvalue weighted by atomic mass is 16.5. The number of ketones is 1. The summed E-state index contributed by atoms with van der Waals surface area (Å²) in [6.07, 6.45) is 1.82. The van der Waals surface area contributed by atoms with Crippen LogP contribution in [0.1, 0.15) is 38.6 Å². The number of rotatable bonds is 1. The van der Waals surface area contributed by atoms with Gasteiger partial charge in [0.2, 0.25) is 0 Å². The molecule has 0 saturated carbocycles. The lowest BCUT2D eigenvalue weighted by Gasteiger charge is -2.38. The summed E-state index contributed by atoms with van der Waals surface area (Å²) in [7, 11) is 0. The molecule has 1 aliphatic heterocycles. The predicted molar refractivity (Wildman–Crippen MR) is 74.4 cm³/mol. The predicted octanol–water partition coefficient (Wildman–Crippen LogP) is 3.15. The number of nitrogens with zero attached hydrogens (tertiary/aromatic N) is 1. The number of carbonyl (C=O) groups excluding carboxylic acids is 1. The maximum Gasteiger partial charge on any atom is 0.177 e. The first-order chi connectivity index (χ1) is 9.93. The third-order valence-electron chi connectivity index (χ3n) is 3.95. The molecule has 0 saturated heterocycles. The fourth-order valence-corrected chi connectivity index (χ4v) is 3.00. The molecule has 108 valence electrons. The van der Waals surface area contributed by atoms with Gasteiger partial charge < -0.3 is 14.6 Å². The molecule has 1 N–H and O–H groups in total. The topological polar surface area (TPSA) is 87.1 Å². The summed E-state index contributed by atoms with van der Waals surface area (Å²) in [6, 6.07) is 5.52. The smallest absolute Gasteiger partial charge is 0.177 e. The van der Waals surface area contributed by atoms with E-state index in [2.05, 4.69) is 6.07 Å². The van der Waals surface area contributed by atoms with Crippen LogP contribution in [-0.2, 0) is 9.53 Å². The fraction of sp³-hybridized carbons (Fsp3) is 0.438. The molecule has 2 atom stereocenters. The first-order valence-corrected chi connectivity index (χ1v) is 6.88. The van der Waals surface area contributed by atoms with Gasteiger partial charge in [-0.25, -0.2) is 0 Å². The molecule has 5 heteroatoms. The highest BCUT2D eigenvalue weighted by molar-refractivity contribution is 6.24. The van der Waals surface area contributed by atoms with Crippen molar-refractivity contribution in [3.63, 3.8) is 0 Å². The largest absolute Gasteiger partial charge is 0.484 e. The van der Waals surface area contributed by atoms with E-state index in [0.717, 1.165) is 0 Å². The number of hydrogen-bond donors (Lipinski definition) is 1. The number of ether oxygens (including phenoxy) is 1. The second-order valence-electron chi connectivity index (χ2n) is 6.31. The van der Waals surface area contributed by atoms with Crippen LogP contribution in [0.2, 0.25) is 0 Å². The van der Waals surface area contributed by atoms with Gasteiger partial charge in [-0.15, -0.1) is 0 Å². The summed E-state index contributed by atoms with van der Waals surface area (Å²) in [6.45, 7) is 4.00. The number of hydrogen-bond acceptors (Lipinski definition) is 5. The van der Waals surface area contributed by atoms with Crippen LogP contribution in [0.25, 0.3) is 0 Å². The number of Topliss-reactive ketones (excluding diaryl/α,β-unsaturated/α-hetero) is 1. The van der Waals surface area contributed by atoms with E-state index in [1.807, 2.05) is 13.8 Å². The minimum atomic E-state index is -0.819. The quantitative estimate of drug-likeness (QED) is 0.858. The van der Waals surface area contributed by atoms with E-state index in [0.29, 0.717) is 29.9 Å². The molecule has 0 fully saturated rings. The molecule has 0 spiro atoms. The summed E-state index contributed by atoms with van der Waals surface area (Å²) < 4.78 is 11.2. The van der Waals surface area contributed by atoms with E-state index in [1.165, 1.54) is 6.26 Å². The van der Waals surface area contributed by atoms with Gasteiger partial charge >= 0.3 is 0 Å². The van der Waals surface area contributed by atoms with Crippen LogP contribution < -0.4 is 0 Å². The van der Waals surface area contributed by atoms with Gasteiger partial charge in [-0.1, -0.05) is 13.8 Å². The maximum absolute atomic E-state index is 12.3. The van der Waals surface area contributed by atoms with Gasteiger partial charge in [0.15, 0.2) is 11.9 Å². The van der Waals surface area contributed by atoms with Gasteiger partial charge in [-0.05, 0) is 17.5 Å². The van der Waals surface area contributed by atoms with Crippen molar-refractivity contribution in [1.29, 1.82) is 10.7 Å². The zero-order chi connectivity index (χ0) is 15.2. The first kappa shape index (κ1) is 13.6. The molecular formula is C16H16N2O3. The molecule has 1 aromatic heterocycles. The summed E-state index contributed by atoms with van der Waals surface area (Å²) in [5.74, 6) is 0.104. The third-order valence-corrected chi connectivity index (χ3v) is 3.95. The van der Waals surface area contributed by atoms with Gasteiger partial charge in [0.25, 0.3) is 0 Å². The van der Waals surface area contributed by atoms with Gasteiger partial charge in [-0.3, -0.25) is 4.79 Å². The third kappa shape index (κ3) is 2.17. The van der Waals surface area contributed by atoms with E-state index in [9.17, 15) is 10.1 Å². The molecule has 0 radical (unpaired) electrons. The molecule has 0 bridgehead atoms. The van der Waals surface area contributed by atoms with E-state index in [4.69, 9.17) is 14.6 Å². The molecule has 0 aromatic carbocycles. The van der Waals surface area contributed by atoms with Crippen molar-refractivity contribution in [1.82, 2.24) is 0 Å². The van der Waals surface area contributed by atoms with Crippen molar-refractivity contribution in [3.05, 3.63) is 35.5 Å². The fourth-order valence-electron chi connectivity index (χ4n) is 3.00. The lowest BCUT2D eigenvalue weighted by molar-refractivity contribution is -0.118. The Morgan fingerprint density at radius 1 is 1.43 bits per heavy atom. The zero-order valence-electron chi connectivity index (χ0n) is 12.0. The minimum absolute atomic E-state index is 0.0562. The normalized spacial score (nSPS) is 27.9. The van der Waals surface area contributed by atoms with Crippen molar-refractivity contribution >= 4 is 11.5 Å². The SMILES string of the molecule is CC1(C)CC(=O)C2=C(C1)OC(c1ccco1)C(C#N)C2=N. The Morgan fingerprint density at radius 2 is 2.19 bits per heavy atom. The number of furan rings is 1. The van der Waals surface area contributed by atoms with Gasteiger partial charge in [0.1, 0.15) is 17.4 Å². The second-order valence-corrected chi connectivity index (χ2v) is 6.31. The van der Waals surface area contributed by atoms with Crippen LogP contribution >= 0.6 is 0 Å². The van der Waals surface area contributed by atoms with Crippen LogP contribution in [-0.4, -0.2) is 11.5 Å². The van der Waals surface area contributed by atoms with Crippen LogP contribution in [0.3, 0.4) is 0 Å². The Labute approximate surface area is 122 Å². The average molecular weight is 284 g/mol. The number of allylic oxidation sites excluding steroid dienone is 2. The molecule has 5 nitrogen and oxygen atoms in total. The average Bonchev–Trinajstić information content (AvgIpc) is 2.89. The Balaban J connectivity index is 2.06.